The Hall–Kier alpha value is -0.130. The van der Waals surface area contributed by atoms with Gasteiger partial charge >= 0.3 is 0 Å². The molecule has 0 aromatic heterocycles. The SMILES string of the molecule is CN1CCCC1CNCCS(C)(=O)=O. The predicted molar refractivity (Wildman–Crippen MR) is 58.2 cm³/mol. The smallest absolute Gasteiger partial charge is 0.148 e. The molecule has 5 heteroatoms. The molecule has 14 heavy (non-hydrogen) atoms. The van der Waals surface area contributed by atoms with Gasteiger partial charge in [-0.15, -0.1) is 0 Å². The minimum atomic E-state index is -2.81. The monoisotopic (exact) mass is 220 g/mol. The highest BCUT2D eigenvalue weighted by Crippen LogP contribution is 2.13. The van der Waals surface area contributed by atoms with E-state index in [-0.39, 0.29) is 5.75 Å². The van der Waals surface area contributed by atoms with E-state index >= 15 is 0 Å². The molecule has 1 unspecified atom stereocenters. The van der Waals surface area contributed by atoms with Crippen molar-refractivity contribution in [3.8, 4) is 0 Å². The largest absolute Gasteiger partial charge is 0.314 e. The first-order valence-corrected chi connectivity index (χ1v) is 7.14. The first-order chi connectivity index (χ1) is 6.49. The zero-order valence-electron chi connectivity index (χ0n) is 8.99. The lowest BCUT2D eigenvalue weighted by molar-refractivity contribution is 0.302. The van der Waals surface area contributed by atoms with E-state index in [1.165, 1.54) is 25.6 Å². The number of hydrogen-bond donors (Lipinski definition) is 1. The maximum atomic E-state index is 10.8. The number of nitrogens with zero attached hydrogens (tertiary/aromatic N) is 1. The Morgan fingerprint density at radius 2 is 2.21 bits per heavy atom. The molecule has 0 aliphatic carbocycles. The van der Waals surface area contributed by atoms with Crippen molar-refractivity contribution in [1.82, 2.24) is 10.2 Å². The minimum Gasteiger partial charge on any atom is -0.314 e. The highest BCUT2D eigenvalue weighted by molar-refractivity contribution is 7.90. The zero-order valence-corrected chi connectivity index (χ0v) is 9.81. The molecule has 84 valence electrons. The number of likely N-dealkylation sites (tertiary alicyclic amines) is 1. The van der Waals surface area contributed by atoms with Crippen LogP contribution in [0.5, 0.6) is 0 Å². The number of rotatable bonds is 5. The van der Waals surface area contributed by atoms with E-state index in [1.807, 2.05) is 0 Å². The molecule has 0 spiro atoms. The second-order valence-electron chi connectivity index (χ2n) is 4.11. The van der Waals surface area contributed by atoms with Crippen molar-refractivity contribution in [2.75, 3.05) is 38.7 Å². The van der Waals surface area contributed by atoms with Crippen LogP contribution in [0, 0.1) is 0 Å². The van der Waals surface area contributed by atoms with Crippen LogP contribution < -0.4 is 5.32 Å². The Morgan fingerprint density at radius 1 is 1.50 bits per heavy atom. The van der Waals surface area contributed by atoms with Gasteiger partial charge in [0.15, 0.2) is 0 Å². The molecular formula is C9H20N2O2S. The lowest BCUT2D eigenvalue weighted by Gasteiger charge is -2.19. The van der Waals surface area contributed by atoms with Crippen molar-refractivity contribution in [3.63, 3.8) is 0 Å². The molecule has 1 atom stereocenters. The van der Waals surface area contributed by atoms with Crippen molar-refractivity contribution in [2.24, 2.45) is 0 Å². The van der Waals surface area contributed by atoms with Crippen LogP contribution in [0.2, 0.25) is 0 Å². The van der Waals surface area contributed by atoms with E-state index in [0.29, 0.717) is 12.6 Å². The third-order valence-electron chi connectivity index (χ3n) is 2.70. The second kappa shape index (κ2) is 5.09. The van der Waals surface area contributed by atoms with Gasteiger partial charge in [0.05, 0.1) is 5.75 Å². The summed E-state index contributed by atoms with van der Waals surface area (Å²) in [4.78, 5) is 2.33. The molecule has 1 saturated heterocycles. The average Bonchev–Trinajstić information content (AvgIpc) is 2.44. The van der Waals surface area contributed by atoms with Gasteiger partial charge in [0.1, 0.15) is 9.84 Å². The molecule has 1 N–H and O–H groups in total. The van der Waals surface area contributed by atoms with E-state index in [0.717, 1.165) is 6.54 Å². The number of sulfone groups is 1. The maximum Gasteiger partial charge on any atom is 0.148 e. The van der Waals surface area contributed by atoms with Gasteiger partial charge in [-0.05, 0) is 26.4 Å². The van der Waals surface area contributed by atoms with Crippen LogP contribution in [-0.2, 0) is 9.84 Å². The Bertz CT molecular complexity index is 264. The van der Waals surface area contributed by atoms with Gasteiger partial charge in [-0.2, -0.15) is 0 Å². The molecule has 1 fully saturated rings. The normalized spacial score (nSPS) is 24.3. The highest BCUT2D eigenvalue weighted by atomic mass is 32.2. The molecule has 0 bridgehead atoms. The Balaban J connectivity index is 2.09. The summed E-state index contributed by atoms with van der Waals surface area (Å²) in [5, 5.41) is 3.19. The number of likely N-dealkylation sites (N-methyl/N-ethyl adjacent to an activating group) is 1. The first kappa shape index (κ1) is 11.9. The van der Waals surface area contributed by atoms with E-state index in [2.05, 4.69) is 17.3 Å². The first-order valence-electron chi connectivity index (χ1n) is 5.08. The van der Waals surface area contributed by atoms with Crippen LogP contribution in [0.4, 0.5) is 0 Å². The summed E-state index contributed by atoms with van der Waals surface area (Å²) in [5.74, 6) is 0.240. The highest BCUT2D eigenvalue weighted by Gasteiger charge is 2.19. The molecule has 1 aliphatic rings. The van der Waals surface area contributed by atoms with Gasteiger partial charge in [0.25, 0.3) is 0 Å². The van der Waals surface area contributed by atoms with Gasteiger partial charge in [0, 0.05) is 25.4 Å². The van der Waals surface area contributed by atoms with E-state index in [1.54, 1.807) is 0 Å². The van der Waals surface area contributed by atoms with E-state index in [4.69, 9.17) is 0 Å². The van der Waals surface area contributed by atoms with Crippen LogP contribution in [0.3, 0.4) is 0 Å². The molecule has 0 aromatic rings. The molecular weight excluding hydrogens is 200 g/mol. The summed E-state index contributed by atoms with van der Waals surface area (Å²) < 4.78 is 21.7. The van der Waals surface area contributed by atoms with Gasteiger partial charge < -0.3 is 10.2 Å². The fraction of sp³-hybridized carbons (Fsp3) is 1.00. The molecule has 0 saturated carbocycles. The molecule has 0 radical (unpaired) electrons. The van der Waals surface area contributed by atoms with Gasteiger partial charge in [-0.25, -0.2) is 8.42 Å². The zero-order chi connectivity index (χ0) is 10.6. The van der Waals surface area contributed by atoms with Gasteiger partial charge in [-0.3, -0.25) is 0 Å². The Morgan fingerprint density at radius 3 is 2.71 bits per heavy atom. The predicted octanol–water partition coefficient (Wildman–Crippen LogP) is -0.285. The van der Waals surface area contributed by atoms with Crippen LogP contribution >= 0.6 is 0 Å². The molecule has 0 amide bonds. The number of nitrogens with one attached hydrogen (secondary N) is 1. The molecule has 1 heterocycles. The third-order valence-corrected chi connectivity index (χ3v) is 3.65. The topological polar surface area (TPSA) is 49.4 Å². The lowest BCUT2D eigenvalue weighted by Crippen LogP contribution is -2.37. The van der Waals surface area contributed by atoms with Crippen molar-refractivity contribution >= 4 is 9.84 Å². The Labute approximate surface area is 86.6 Å². The van der Waals surface area contributed by atoms with Crippen molar-refractivity contribution in [1.29, 1.82) is 0 Å². The summed E-state index contributed by atoms with van der Waals surface area (Å²) in [6.07, 6.45) is 3.76. The van der Waals surface area contributed by atoms with Crippen LogP contribution in [0.15, 0.2) is 0 Å². The summed E-state index contributed by atoms with van der Waals surface area (Å²) in [6, 6.07) is 0.592. The second-order valence-corrected chi connectivity index (χ2v) is 6.37. The molecule has 0 aromatic carbocycles. The fourth-order valence-electron chi connectivity index (χ4n) is 1.76. The minimum absolute atomic E-state index is 0.240. The van der Waals surface area contributed by atoms with Crippen LogP contribution in [0.25, 0.3) is 0 Å². The quantitative estimate of drug-likeness (QED) is 0.647. The Kier molecular flexibility index (Phi) is 4.34. The van der Waals surface area contributed by atoms with Crippen molar-refractivity contribution in [2.45, 2.75) is 18.9 Å². The van der Waals surface area contributed by atoms with Crippen molar-refractivity contribution in [3.05, 3.63) is 0 Å². The third kappa shape index (κ3) is 4.39. The average molecular weight is 220 g/mol. The lowest BCUT2D eigenvalue weighted by atomic mass is 10.2. The van der Waals surface area contributed by atoms with Crippen LogP contribution in [0.1, 0.15) is 12.8 Å². The summed E-state index contributed by atoms with van der Waals surface area (Å²) >= 11 is 0. The summed E-state index contributed by atoms with van der Waals surface area (Å²) in [6.45, 7) is 2.65. The molecule has 1 aliphatic heterocycles. The van der Waals surface area contributed by atoms with Gasteiger partial charge in [0.2, 0.25) is 0 Å². The number of hydrogen-bond acceptors (Lipinski definition) is 4. The van der Waals surface area contributed by atoms with Gasteiger partial charge in [-0.1, -0.05) is 0 Å². The molecule has 4 nitrogen and oxygen atoms in total. The summed E-state index contributed by atoms with van der Waals surface area (Å²) in [7, 11) is -0.689. The fourth-order valence-corrected chi connectivity index (χ4v) is 2.28. The van der Waals surface area contributed by atoms with E-state index in [9.17, 15) is 8.42 Å². The van der Waals surface area contributed by atoms with Crippen molar-refractivity contribution < 1.29 is 8.42 Å². The van der Waals surface area contributed by atoms with Crippen LogP contribution in [-0.4, -0.2) is 58.1 Å². The standard InChI is InChI=1S/C9H20N2O2S/c1-11-6-3-4-9(11)8-10-5-7-14(2,12)13/h9-10H,3-8H2,1-2H3. The molecule has 1 rings (SSSR count). The van der Waals surface area contributed by atoms with E-state index < -0.39 is 9.84 Å². The summed E-state index contributed by atoms with van der Waals surface area (Å²) in [5.41, 5.74) is 0. The maximum absolute atomic E-state index is 10.8.